The maximum absolute atomic E-state index is 12.4. The van der Waals surface area contributed by atoms with Gasteiger partial charge in [-0.15, -0.1) is 11.6 Å². The first-order valence-electron chi connectivity index (χ1n) is 4.84. The summed E-state index contributed by atoms with van der Waals surface area (Å²) in [6.45, 7) is 1.74. The standard InChI is InChI=1S/C11H11ClF3NO/c1-7-4-9(11(13,14)15)3-2-8(7)6-16-10(17)5-12/h2-4H,5-6H2,1H3,(H,16,17). The lowest BCUT2D eigenvalue weighted by Gasteiger charge is -2.11. The predicted octanol–water partition coefficient (Wildman–Crippen LogP) is 2.87. The van der Waals surface area contributed by atoms with E-state index < -0.39 is 11.7 Å². The molecule has 1 rings (SSSR count). The molecule has 0 aliphatic rings. The summed E-state index contributed by atoms with van der Waals surface area (Å²) < 4.78 is 37.1. The van der Waals surface area contributed by atoms with Crippen LogP contribution >= 0.6 is 11.6 Å². The molecule has 1 N–H and O–H groups in total. The normalized spacial score (nSPS) is 11.4. The molecule has 0 saturated heterocycles. The molecule has 17 heavy (non-hydrogen) atoms. The summed E-state index contributed by atoms with van der Waals surface area (Å²) in [6, 6.07) is 3.41. The average molecular weight is 266 g/mol. The first-order chi connectivity index (χ1) is 7.84. The van der Waals surface area contributed by atoms with E-state index in [0.717, 1.165) is 12.1 Å². The van der Waals surface area contributed by atoms with Crippen LogP contribution in [0.15, 0.2) is 18.2 Å². The summed E-state index contributed by atoms with van der Waals surface area (Å²) >= 11 is 5.28. The number of amides is 1. The highest BCUT2D eigenvalue weighted by atomic mass is 35.5. The summed E-state index contributed by atoms with van der Waals surface area (Å²) in [5.41, 5.74) is 0.425. The van der Waals surface area contributed by atoms with Crippen molar-refractivity contribution in [3.05, 3.63) is 34.9 Å². The molecule has 1 amide bonds. The molecule has 0 aromatic heterocycles. The van der Waals surface area contributed by atoms with Crippen LogP contribution in [-0.2, 0) is 17.5 Å². The van der Waals surface area contributed by atoms with Gasteiger partial charge >= 0.3 is 6.18 Å². The van der Waals surface area contributed by atoms with Crippen molar-refractivity contribution in [3.8, 4) is 0 Å². The molecule has 0 radical (unpaired) electrons. The van der Waals surface area contributed by atoms with Crippen molar-refractivity contribution in [1.82, 2.24) is 5.32 Å². The zero-order valence-electron chi connectivity index (χ0n) is 9.07. The molecule has 1 aromatic carbocycles. The van der Waals surface area contributed by atoms with Crippen LogP contribution in [0.25, 0.3) is 0 Å². The number of alkyl halides is 4. The fraction of sp³-hybridized carbons (Fsp3) is 0.364. The largest absolute Gasteiger partial charge is 0.416 e. The topological polar surface area (TPSA) is 29.1 Å². The van der Waals surface area contributed by atoms with Crippen molar-refractivity contribution in [3.63, 3.8) is 0 Å². The molecule has 0 aliphatic carbocycles. The van der Waals surface area contributed by atoms with E-state index in [9.17, 15) is 18.0 Å². The molecule has 94 valence electrons. The van der Waals surface area contributed by atoms with Gasteiger partial charge in [0, 0.05) is 6.54 Å². The Kier molecular flexibility index (Phi) is 4.40. The maximum atomic E-state index is 12.4. The molecule has 2 nitrogen and oxygen atoms in total. The highest BCUT2D eigenvalue weighted by molar-refractivity contribution is 6.27. The Hall–Kier alpha value is -1.23. The van der Waals surface area contributed by atoms with Crippen molar-refractivity contribution >= 4 is 17.5 Å². The molecular formula is C11H11ClF3NO. The van der Waals surface area contributed by atoms with Crippen LogP contribution in [0.3, 0.4) is 0 Å². The summed E-state index contributed by atoms with van der Waals surface area (Å²) in [5.74, 6) is -0.523. The van der Waals surface area contributed by atoms with Gasteiger partial charge in [-0.1, -0.05) is 6.07 Å². The highest BCUT2D eigenvalue weighted by Crippen LogP contribution is 2.30. The van der Waals surface area contributed by atoms with E-state index in [1.807, 2.05) is 0 Å². The van der Waals surface area contributed by atoms with E-state index in [0.29, 0.717) is 11.1 Å². The monoisotopic (exact) mass is 265 g/mol. The molecule has 0 bridgehead atoms. The number of carbonyl (C=O) groups excluding carboxylic acids is 1. The average Bonchev–Trinajstić information content (AvgIpc) is 2.25. The molecule has 0 fully saturated rings. The number of aryl methyl sites for hydroxylation is 1. The lowest BCUT2D eigenvalue weighted by molar-refractivity contribution is -0.137. The van der Waals surface area contributed by atoms with E-state index in [-0.39, 0.29) is 18.3 Å². The van der Waals surface area contributed by atoms with Gasteiger partial charge in [0.2, 0.25) is 5.91 Å². The highest BCUT2D eigenvalue weighted by Gasteiger charge is 2.30. The second kappa shape index (κ2) is 5.40. The fourth-order valence-corrected chi connectivity index (χ4v) is 1.41. The Balaban J connectivity index is 2.80. The summed E-state index contributed by atoms with van der Waals surface area (Å²) in [4.78, 5) is 10.9. The van der Waals surface area contributed by atoms with Crippen LogP contribution < -0.4 is 5.32 Å². The van der Waals surface area contributed by atoms with Crippen LogP contribution in [-0.4, -0.2) is 11.8 Å². The zero-order valence-corrected chi connectivity index (χ0v) is 9.82. The smallest absolute Gasteiger partial charge is 0.351 e. The van der Waals surface area contributed by atoms with E-state index in [1.54, 1.807) is 6.92 Å². The van der Waals surface area contributed by atoms with Crippen LogP contribution in [0.4, 0.5) is 13.2 Å². The summed E-state index contributed by atoms with van der Waals surface area (Å²) in [5, 5.41) is 2.50. The number of benzene rings is 1. The van der Waals surface area contributed by atoms with Gasteiger partial charge in [0.05, 0.1) is 5.56 Å². The van der Waals surface area contributed by atoms with Gasteiger partial charge in [-0.2, -0.15) is 13.2 Å². The minimum absolute atomic E-state index is 0.167. The van der Waals surface area contributed by atoms with Gasteiger partial charge in [-0.25, -0.2) is 0 Å². The molecule has 6 heteroatoms. The SMILES string of the molecule is Cc1cc(C(F)(F)F)ccc1CNC(=O)CCl. The number of hydrogen-bond donors (Lipinski definition) is 1. The molecule has 0 unspecified atom stereocenters. The first-order valence-corrected chi connectivity index (χ1v) is 5.37. The quantitative estimate of drug-likeness (QED) is 0.837. The lowest BCUT2D eigenvalue weighted by Crippen LogP contribution is -2.24. The Bertz CT molecular complexity index is 418. The van der Waals surface area contributed by atoms with Crippen molar-refractivity contribution in [1.29, 1.82) is 0 Å². The minimum Gasteiger partial charge on any atom is -0.351 e. The van der Waals surface area contributed by atoms with Gasteiger partial charge < -0.3 is 5.32 Å². The van der Waals surface area contributed by atoms with E-state index >= 15 is 0 Å². The lowest BCUT2D eigenvalue weighted by atomic mass is 10.0. The Labute approximate surface area is 102 Å². The first kappa shape index (κ1) is 13.8. The Morgan fingerprint density at radius 2 is 2.06 bits per heavy atom. The zero-order chi connectivity index (χ0) is 13.1. The summed E-state index contributed by atoms with van der Waals surface area (Å²) in [7, 11) is 0. The van der Waals surface area contributed by atoms with Crippen molar-refractivity contribution in [2.75, 3.05) is 5.88 Å². The van der Waals surface area contributed by atoms with Crippen LogP contribution in [0.1, 0.15) is 16.7 Å². The molecule has 0 saturated carbocycles. The summed E-state index contributed by atoms with van der Waals surface area (Å²) in [6.07, 6.45) is -4.34. The van der Waals surface area contributed by atoms with Crippen LogP contribution in [0.2, 0.25) is 0 Å². The Morgan fingerprint density at radius 1 is 1.41 bits per heavy atom. The molecule has 0 heterocycles. The molecule has 0 atom stereocenters. The number of halogens is 4. The number of carbonyl (C=O) groups is 1. The van der Waals surface area contributed by atoms with Gasteiger partial charge in [0.25, 0.3) is 0 Å². The third kappa shape index (κ3) is 3.93. The van der Waals surface area contributed by atoms with Gasteiger partial charge in [0.15, 0.2) is 0 Å². The third-order valence-electron chi connectivity index (χ3n) is 2.27. The van der Waals surface area contributed by atoms with Gasteiger partial charge in [0.1, 0.15) is 5.88 Å². The predicted molar refractivity (Wildman–Crippen MR) is 58.7 cm³/mol. The number of rotatable bonds is 3. The second-order valence-corrected chi connectivity index (χ2v) is 3.82. The van der Waals surface area contributed by atoms with Crippen LogP contribution in [0.5, 0.6) is 0 Å². The number of hydrogen-bond acceptors (Lipinski definition) is 1. The molecular weight excluding hydrogens is 255 g/mol. The molecule has 0 aliphatic heterocycles. The van der Waals surface area contributed by atoms with Crippen LogP contribution in [0, 0.1) is 6.92 Å². The van der Waals surface area contributed by atoms with E-state index in [1.165, 1.54) is 6.07 Å². The second-order valence-electron chi connectivity index (χ2n) is 3.55. The van der Waals surface area contributed by atoms with Crippen molar-refractivity contribution in [2.24, 2.45) is 0 Å². The van der Waals surface area contributed by atoms with Gasteiger partial charge in [-0.05, 0) is 30.2 Å². The van der Waals surface area contributed by atoms with Crippen molar-refractivity contribution in [2.45, 2.75) is 19.6 Å². The van der Waals surface area contributed by atoms with Gasteiger partial charge in [-0.3, -0.25) is 4.79 Å². The Morgan fingerprint density at radius 3 is 2.53 bits per heavy atom. The number of nitrogens with one attached hydrogen (secondary N) is 1. The third-order valence-corrected chi connectivity index (χ3v) is 2.51. The van der Waals surface area contributed by atoms with E-state index in [4.69, 9.17) is 11.6 Å². The molecule has 1 aromatic rings. The molecule has 0 spiro atoms. The minimum atomic E-state index is -4.34. The maximum Gasteiger partial charge on any atom is 0.416 e. The van der Waals surface area contributed by atoms with E-state index in [2.05, 4.69) is 5.32 Å². The van der Waals surface area contributed by atoms with Crippen molar-refractivity contribution < 1.29 is 18.0 Å². The fourth-order valence-electron chi connectivity index (χ4n) is 1.31.